The lowest BCUT2D eigenvalue weighted by Crippen LogP contribution is -2.01. The van der Waals surface area contributed by atoms with Crippen LogP contribution in [0.25, 0.3) is 0 Å². The first-order chi connectivity index (χ1) is 6.46. The normalized spacial score (nSPS) is 11.4. The molecule has 1 rings (SSSR count). The molecule has 3 nitrogen and oxygen atoms in total. The Morgan fingerprint density at radius 3 is 2.57 bits per heavy atom. The lowest BCUT2D eigenvalue weighted by atomic mass is 10.2. The molecule has 0 saturated heterocycles. The van der Waals surface area contributed by atoms with Crippen LogP contribution in [0.4, 0.5) is 0 Å². The highest BCUT2D eigenvalue weighted by atomic mass is 35.7. The van der Waals surface area contributed by atoms with Crippen molar-refractivity contribution >= 4 is 19.7 Å². The fraction of sp³-hybridized carbons (Fsp3) is 0.333. The molecule has 0 aliphatic carbocycles. The zero-order valence-electron chi connectivity index (χ0n) is 7.95. The van der Waals surface area contributed by atoms with E-state index in [1.165, 1.54) is 0 Å². The summed E-state index contributed by atoms with van der Waals surface area (Å²) in [7, 11) is 1.56. The smallest absolute Gasteiger partial charge is 0.265 e. The molecule has 1 aromatic rings. The second-order valence-electron chi connectivity index (χ2n) is 2.77. The molecule has 14 heavy (non-hydrogen) atoms. The van der Waals surface area contributed by atoms with Gasteiger partial charge in [-0.25, -0.2) is 8.42 Å². The van der Waals surface area contributed by atoms with Crippen molar-refractivity contribution < 1.29 is 13.2 Å². The van der Waals surface area contributed by atoms with E-state index in [9.17, 15) is 8.42 Å². The standard InChI is InChI=1S/C9H11ClO3S/c1-3-13-8-6-4-5-7(2)9(8)14(10,11)12/h4-6H,3H2,1-2H3. The minimum Gasteiger partial charge on any atom is -0.492 e. The molecule has 0 N–H and O–H groups in total. The predicted molar refractivity (Wildman–Crippen MR) is 55.4 cm³/mol. The van der Waals surface area contributed by atoms with Gasteiger partial charge >= 0.3 is 0 Å². The van der Waals surface area contributed by atoms with E-state index in [0.717, 1.165) is 0 Å². The van der Waals surface area contributed by atoms with E-state index in [2.05, 4.69) is 0 Å². The fourth-order valence-corrected chi connectivity index (χ4v) is 2.62. The Morgan fingerprint density at radius 1 is 1.43 bits per heavy atom. The zero-order chi connectivity index (χ0) is 10.8. The van der Waals surface area contributed by atoms with Crippen molar-refractivity contribution in [3.8, 4) is 5.75 Å². The van der Waals surface area contributed by atoms with E-state index >= 15 is 0 Å². The molecule has 0 aliphatic heterocycles. The summed E-state index contributed by atoms with van der Waals surface area (Å²) < 4.78 is 27.7. The quantitative estimate of drug-likeness (QED) is 0.754. The summed E-state index contributed by atoms with van der Waals surface area (Å²) in [6, 6.07) is 5.00. The van der Waals surface area contributed by atoms with Crippen molar-refractivity contribution in [3.05, 3.63) is 23.8 Å². The van der Waals surface area contributed by atoms with E-state index in [1.807, 2.05) is 0 Å². The second kappa shape index (κ2) is 4.19. The average molecular weight is 235 g/mol. The van der Waals surface area contributed by atoms with Gasteiger partial charge in [-0.05, 0) is 25.5 Å². The third-order valence-corrected chi connectivity index (χ3v) is 3.19. The molecule has 0 fully saturated rings. The van der Waals surface area contributed by atoms with Crippen LogP contribution >= 0.6 is 10.7 Å². The van der Waals surface area contributed by atoms with Gasteiger partial charge in [-0.1, -0.05) is 12.1 Å². The van der Waals surface area contributed by atoms with Crippen molar-refractivity contribution in [1.29, 1.82) is 0 Å². The van der Waals surface area contributed by atoms with Crippen LogP contribution in [0.1, 0.15) is 12.5 Å². The topological polar surface area (TPSA) is 43.4 Å². The van der Waals surface area contributed by atoms with Crippen molar-refractivity contribution in [2.75, 3.05) is 6.61 Å². The van der Waals surface area contributed by atoms with Gasteiger partial charge in [-0.2, -0.15) is 0 Å². The van der Waals surface area contributed by atoms with Crippen LogP contribution < -0.4 is 4.74 Å². The maximum atomic E-state index is 11.2. The van der Waals surface area contributed by atoms with E-state index in [1.54, 1.807) is 32.0 Å². The number of halogens is 1. The van der Waals surface area contributed by atoms with Crippen molar-refractivity contribution in [2.45, 2.75) is 18.7 Å². The summed E-state index contributed by atoms with van der Waals surface area (Å²) in [4.78, 5) is 0.0588. The predicted octanol–water partition coefficient (Wildman–Crippen LogP) is 2.32. The molecule has 0 aromatic heterocycles. The van der Waals surface area contributed by atoms with Gasteiger partial charge in [0.1, 0.15) is 10.6 Å². The van der Waals surface area contributed by atoms with Gasteiger partial charge in [-0.3, -0.25) is 0 Å². The average Bonchev–Trinajstić information content (AvgIpc) is 2.02. The third-order valence-electron chi connectivity index (χ3n) is 1.72. The summed E-state index contributed by atoms with van der Waals surface area (Å²) >= 11 is 0. The number of hydrogen-bond donors (Lipinski definition) is 0. The monoisotopic (exact) mass is 234 g/mol. The van der Waals surface area contributed by atoms with Crippen molar-refractivity contribution in [3.63, 3.8) is 0 Å². The molecule has 0 saturated carbocycles. The van der Waals surface area contributed by atoms with Crippen LogP contribution in [0.2, 0.25) is 0 Å². The highest BCUT2D eigenvalue weighted by Crippen LogP contribution is 2.29. The fourth-order valence-electron chi connectivity index (χ4n) is 1.21. The molecule has 0 radical (unpaired) electrons. The van der Waals surface area contributed by atoms with Crippen LogP contribution in [0.15, 0.2) is 23.1 Å². The highest BCUT2D eigenvalue weighted by Gasteiger charge is 2.19. The molecule has 0 heterocycles. The first-order valence-electron chi connectivity index (χ1n) is 4.14. The first-order valence-corrected chi connectivity index (χ1v) is 6.45. The largest absolute Gasteiger partial charge is 0.492 e. The number of benzene rings is 1. The van der Waals surface area contributed by atoms with E-state index in [4.69, 9.17) is 15.4 Å². The summed E-state index contributed by atoms with van der Waals surface area (Å²) in [6.07, 6.45) is 0. The van der Waals surface area contributed by atoms with Crippen molar-refractivity contribution in [2.24, 2.45) is 0 Å². The van der Waals surface area contributed by atoms with Gasteiger partial charge in [0.25, 0.3) is 9.05 Å². The zero-order valence-corrected chi connectivity index (χ0v) is 9.52. The van der Waals surface area contributed by atoms with Gasteiger partial charge in [0.2, 0.25) is 0 Å². The molecule has 0 unspecified atom stereocenters. The Kier molecular flexibility index (Phi) is 3.39. The van der Waals surface area contributed by atoms with E-state index < -0.39 is 9.05 Å². The molecule has 5 heteroatoms. The van der Waals surface area contributed by atoms with Gasteiger partial charge < -0.3 is 4.74 Å². The molecule has 1 aromatic carbocycles. The van der Waals surface area contributed by atoms with Crippen molar-refractivity contribution in [1.82, 2.24) is 0 Å². The minimum atomic E-state index is -3.74. The lowest BCUT2D eigenvalue weighted by Gasteiger charge is -2.09. The van der Waals surface area contributed by atoms with Crippen LogP contribution in [0.3, 0.4) is 0 Å². The highest BCUT2D eigenvalue weighted by molar-refractivity contribution is 8.13. The van der Waals surface area contributed by atoms with Gasteiger partial charge in [0.15, 0.2) is 0 Å². The molecule has 78 valence electrons. The van der Waals surface area contributed by atoms with Crippen LogP contribution in [-0.2, 0) is 9.05 Å². The number of hydrogen-bond acceptors (Lipinski definition) is 3. The third kappa shape index (κ3) is 2.39. The number of rotatable bonds is 3. The molecule has 0 aliphatic rings. The summed E-state index contributed by atoms with van der Waals surface area (Å²) in [6.45, 7) is 3.87. The van der Waals surface area contributed by atoms with Gasteiger partial charge in [0.05, 0.1) is 6.61 Å². The molecule has 0 bridgehead atoms. The van der Waals surface area contributed by atoms with Crippen LogP contribution in [0, 0.1) is 6.92 Å². The van der Waals surface area contributed by atoms with Gasteiger partial charge in [-0.15, -0.1) is 0 Å². The molecule has 0 amide bonds. The maximum absolute atomic E-state index is 11.2. The second-order valence-corrected chi connectivity index (χ2v) is 5.28. The lowest BCUT2D eigenvalue weighted by molar-refractivity contribution is 0.331. The Morgan fingerprint density at radius 2 is 2.07 bits per heavy atom. The van der Waals surface area contributed by atoms with E-state index in [-0.39, 0.29) is 4.90 Å². The maximum Gasteiger partial charge on any atom is 0.265 e. The minimum absolute atomic E-state index is 0.0588. The molecular weight excluding hydrogens is 224 g/mol. The first kappa shape index (κ1) is 11.3. The molecule has 0 atom stereocenters. The summed E-state index contributed by atoms with van der Waals surface area (Å²) in [5.41, 5.74) is 0.589. The van der Waals surface area contributed by atoms with Gasteiger partial charge in [0, 0.05) is 10.7 Å². The Bertz CT molecular complexity index is 426. The van der Waals surface area contributed by atoms with Crippen LogP contribution in [0.5, 0.6) is 5.75 Å². The van der Waals surface area contributed by atoms with Crippen LogP contribution in [-0.4, -0.2) is 15.0 Å². The van der Waals surface area contributed by atoms with E-state index in [0.29, 0.717) is 17.9 Å². The Hall–Kier alpha value is -0.740. The summed E-state index contributed by atoms with van der Waals surface area (Å²) in [5.74, 6) is 0.308. The summed E-state index contributed by atoms with van der Waals surface area (Å²) in [5, 5.41) is 0. The SMILES string of the molecule is CCOc1cccc(C)c1S(=O)(=O)Cl. The Balaban J connectivity index is 3.37. The molecular formula is C9H11ClO3S. The number of ether oxygens (including phenoxy) is 1. The number of aryl methyl sites for hydroxylation is 1. The Labute approximate surface area is 88.1 Å². The molecule has 0 spiro atoms.